The highest BCUT2D eigenvalue weighted by molar-refractivity contribution is 5.77. The molecule has 6 rings (SSSR count). The van der Waals surface area contributed by atoms with Crippen molar-refractivity contribution in [3.8, 4) is 0 Å². The summed E-state index contributed by atoms with van der Waals surface area (Å²) in [6.07, 6.45) is -52.8. The molecule has 0 radical (unpaired) electrons. The van der Waals surface area contributed by atoms with Crippen molar-refractivity contribution in [2.24, 2.45) is 0 Å². The average molecular weight is 1240 g/mol. The van der Waals surface area contributed by atoms with Crippen LogP contribution in [0.5, 0.6) is 0 Å². The van der Waals surface area contributed by atoms with Crippen molar-refractivity contribution in [1.82, 2.24) is 21.3 Å². The number of aliphatic hydroxyl groups excluding tert-OH is 17. The predicted molar refractivity (Wildman–Crippen MR) is 263 cm³/mol. The molecule has 85 heavy (non-hydrogen) atoms. The maximum absolute atomic E-state index is 12.8. The number of hydrogen-bond acceptors (Lipinski definition) is 33. The quantitative estimate of drug-likeness (QED) is 0.0452. The molecule has 4 amide bonds. The van der Waals surface area contributed by atoms with Crippen LogP contribution in [0.4, 0.5) is 0 Å². The molecule has 0 aromatic heterocycles. The number of carboxylic acids is 1. The molecule has 38 heteroatoms. The average Bonchev–Trinajstić information content (AvgIpc) is 2.51. The first-order valence-corrected chi connectivity index (χ1v) is 26.7. The molecule has 38 nitrogen and oxygen atoms in total. The number of hydrogen-bond donors (Lipinski definition) is 22. The van der Waals surface area contributed by atoms with E-state index in [1.165, 1.54) is 0 Å². The van der Waals surface area contributed by atoms with Crippen molar-refractivity contribution >= 4 is 29.6 Å². The Morgan fingerprint density at radius 3 is 1.35 bits per heavy atom. The third kappa shape index (κ3) is 15.8. The third-order valence-electron chi connectivity index (χ3n) is 15.0. The van der Waals surface area contributed by atoms with E-state index in [1.807, 2.05) is 0 Å². The molecule has 0 spiro atoms. The molecule has 6 aliphatic rings. The number of aliphatic carboxylic acids is 1. The molecule has 490 valence electrons. The summed E-state index contributed by atoms with van der Waals surface area (Å²) in [5.41, 5.74) is 0. The molecule has 0 aromatic rings. The fraction of sp³-hybridized carbons (Fsp3) is 0.894. The molecule has 0 aromatic carbocycles. The van der Waals surface area contributed by atoms with E-state index in [2.05, 4.69) is 21.3 Å². The lowest BCUT2D eigenvalue weighted by atomic mass is 9.88. The van der Waals surface area contributed by atoms with Gasteiger partial charge in [-0.05, 0) is 0 Å². The van der Waals surface area contributed by atoms with Gasteiger partial charge in [-0.25, -0.2) is 4.79 Å². The van der Waals surface area contributed by atoms with Crippen molar-refractivity contribution in [1.29, 1.82) is 0 Å². The highest BCUT2D eigenvalue weighted by Gasteiger charge is 2.60. The van der Waals surface area contributed by atoms with E-state index >= 15 is 0 Å². The van der Waals surface area contributed by atoms with E-state index in [9.17, 15) is 116 Å². The summed E-state index contributed by atoms with van der Waals surface area (Å²) in [5, 5.41) is 204. The van der Waals surface area contributed by atoms with Crippen molar-refractivity contribution in [2.45, 2.75) is 224 Å². The van der Waals surface area contributed by atoms with Gasteiger partial charge in [0.1, 0.15) is 140 Å². The van der Waals surface area contributed by atoms with E-state index in [0.29, 0.717) is 0 Å². The maximum Gasteiger partial charge on any atom is 0.364 e. The second kappa shape index (κ2) is 30.2. The molecule has 0 unspecified atom stereocenters. The number of rotatable bonds is 23. The van der Waals surface area contributed by atoms with E-state index < -0.39 is 265 Å². The van der Waals surface area contributed by atoms with E-state index in [0.717, 1.165) is 27.7 Å². The summed E-state index contributed by atoms with van der Waals surface area (Å²) < 4.78 is 63.2. The number of ether oxygens (including phenoxy) is 11. The number of carbonyl (C=O) groups is 5. The van der Waals surface area contributed by atoms with E-state index in [4.69, 9.17) is 52.1 Å². The zero-order valence-electron chi connectivity index (χ0n) is 45.9. The summed E-state index contributed by atoms with van der Waals surface area (Å²) in [6, 6.07) is -6.79. The van der Waals surface area contributed by atoms with Gasteiger partial charge in [0.2, 0.25) is 23.6 Å². The summed E-state index contributed by atoms with van der Waals surface area (Å²) >= 11 is 0. The Morgan fingerprint density at radius 1 is 0.471 bits per heavy atom. The van der Waals surface area contributed by atoms with Crippen molar-refractivity contribution in [2.75, 3.05) is 39.6 Å². The minimum atomic E-state index is -3.00. The van der Waals surface area contributed by atoms with E-state index in [1.54, 1.807) is 0 Å². The van der Waals surface area contributed by atoms with Crippen LogP contribution >= 0.6 is 0 Å². The zero-order chi connectivity index (χ0) is 63.3. The smallest absolute Gasteiger partial charge is 0.364 e. The van der Waals surface area contributed by atoms with Crippen LogP contribution in [0.25, 0.3) is 0 Å². The molecule has 22 N–H and O–H groups in total. The minimum Gasteiger partial charge on any atom is -0.477 e. The molecule has 0 saturated carbocycles. The zero-order valence-corrected chi connectivity index (χ0v) is 45.9. The van der Waals surface area contributed by atoms with Gasteiger partial charge < -0.3 is 165 Å². The molecule has 6 fully saturated rings. The lowest BCUT2D eigenvalue weighted by Gasteiger charge is -2.51. The Morgan fingerprint density at radius 2 is 0.882 bits per heavy atom. The Labute approximate surface area is 481 Å². The van der Waals surface area contributed by atoms with Crippen molar-refractivity contribution < 1.29 is 168 Å². The van der Waals surface area contributed by atoms with Crippen LogP contribution < -0.4 is 21.3 Å². The first kappa shape index (κ1) is 70.3. The third-order valence-corrected chi connectivity index (χ3v) is 15.0. The number of nitrogens with one attached hydrogen (secondary N) is 4. The monoisotopic (exact) mass is 1240 g/mol. The lowest BCUT2D eigenvalue weighted by Crippen LogP contribution is -2.71. The fourth-order valence-corrected chi connectivity index (χ4v) is 10.7. The maximum atomic E-state index is 12.8. The van der Waals surface area contributed by atoms with Crippen LogP contribution in [0.2, 0.25) is 0 Å². The molecule has 6 aliphatic heterocycles. The van der Waals surface area contributed by atoms with Gasteiger partial charge in [0.05, 0.1) is 51.8 Å². The highest BCUT2D eigenvalue weighted by Crippen LogP contribution is 2.38. The molecule has 31 atom stereocenters. The summed E-state index contributed by atoms with van der Waals surface area (Å²) in [7, 11) is 0. The first-order valence-electron chi connectivity index (χ1n) is 26.7. The van der Waals surface area contributed by atoms with Crippen LogP contribution in [0.3, 0.4) is 0 Å². The van der Waals surface area contributed by atoms with Crippen molar-refractivity contribution in [3.63, 3.8) is 0 Å². The molecule has 0 bridgehead atoms. The van der Waals surface area contributed by atoms with Gasteiger partial charge in [-0.3, -0.25) is 19.2 Å². The molecular formula is C47H78N4O34. The van der Waals surface area contributed by atoms with Gasteiger partial charge in [0.25, 0.3) is 5.79 Å². The SMILES string of the molecule is CC(=O)N[C@@H]1[C@@H](O[C@@H]2O[C@H](CO)[C@@H](O[C@@H]3O[C@H](CO)[C@H](O)[C@H](O[C@@H]4O[C@H](CO)[C@@H](O[C@@H]5O[C@H](CO[C@]6(C(=O)O)C[C@H](O)[C@@H](NC(C)=O)[C@H]([C@H](O)[C@H](O)CO)O6)[C@H](O)[C@H](O)[C@H]5O)[C@H](O)[C@H]4NC(C)=O)[C@H]3O)[C@H](O)[C@H]2NC(C)=O)[C@@H](O)[C@@H](CO)O[C@H]1O. The normalized spacial score (nSPS) is 45.0. The van der Waals surface area contributed by atoms with Crippen LogP contribution in [0, 0.1) is 0 Å². The largest absolute Gasteiger partial charge is 0.477 e. The fourth-order valence-electron chi connectivity index (χ4n) is 10.7. The van der Waals surface area contributed by atoms with Gasteiger partial charge in [-0.15, -0.1) is 0 Å². The molecule has 0 aliphatic carbocycles. The van der Waals surface area contributed by atoms with Gasteiger partial charge in [-0.2, -0.15) is 0 Å². The van der Waals surface area contributed by atoms with Crippen LogP contribution in [0.1, 0.15) is 34.1 Å². The van der Waals surface area contributed by atoms with Gasteiger partial charge in [0.15, 0.2) is 31.5 Å². The number of carboxylic acid groups (broad SMARTS) is 1. The number of amides is 4. The summed E-state index contributed by atoms with van der Waals surface area (Å²) in [5.74, 6) is -8.27. The Balaban J connectivity index is 1.20. The van der Waals surface area contributed by atoms with Gasteiger partial charge in [0, 0.05) is 34.1 Å². The summed E-state index contributed by atoms with van der Waals surface area (Å²) in [6.45, 7) is -2.33. The second-order valence-corrected chi connectivity index (χ2v) is 21.2. The van der Waals surface area contributed by atoms with E-state index in [-0.39, 0.29) is 0 Å². The van der Waals surface area contributed by atoms with Gasteiger partial charge in [-0.1, -0.05) is 0 Å². The van der Waals surface area contributed by atoms with Crippen LogP contribution in [-0.2, 0) is 76.1 Å². The first-order chi connectivity index (χ1) is 40.0. The van der Waals surface area contributed by atoms with Gasteiger partial charge >= 0.3 is 5.97 Å². The standard InChI is InChI=1S/C47H78N4O34/c1-12(57)48-23-16(61)5-47(46(73)74,85-39(23)27(63)17(62)6-52)75-11-22-28(64)33(69)34(70)44(80-22)81-36-20(9-55)79-43(25(32(36)68)50-14(3)59)84-40-30(66)19(8-54)77-45(35(40)71)82-37-21(10-56)78-42(24(31(37)67)49-13(2)58)83-38-26(51-15(4)60)41(72)76-18(7-53)29(38)65/h16-45,52-56,61-72H,5-11H2,1-4H3,(H,48,57)(H,49,58)(H,50,59)(H,51,60)(H,73,74)/t16-,17+,18+,19+,20+,21+,22+,23+,24+,25+,26+,27+,28-,29-,30-,31+,32+,33-,34+,35+,36+,37+,38+,39+,40-,41+,42-,43-,44-,45-,47+/m0/s1. The Bertz CT molecular complexity index is 2220. The minimum absolute atomic E-state index is 0.743. The predicted octanol–water partition coefficient (Wildman–Crippen LogP) is -14.3. The number of aliphatic hydroxyl groups is 17. The van der Waals surface area contributed by atoms with Crippen LogP contribution in [0.15, 0.2) is 0 Å². The molecule has 6 saturated heterocycles. The Hall–Kier alpha value is -3.77. The summed E-state index contributed by atoms with van der Waals surface area (Å²) in [4.78, 5) is 62.1. The molecule has 6 heterocycles. The lowest BCUT2D eigenvalue weighted by molar-refractivity contribution is -0.381. The molecular weight excluding hydrogens is 1160 g/mol. The van der Waals surface area contributed by atoms with Crippen molar-refractivity contribution in [3.05, 3.63) is 0 Å². The van der Waals surface area contributed by atoms with Crippen LogP contribution in [-0.4, -0.2) is 351 Å². The second-order valence-electron chi connectivity index (χ2n) is 21.2. The highest BCUT2D eigenvalue weighted by atomic mass is 16.8. The Kier molecular flexibility index (Phi) is 24.9. The number of carbonyl (C=O) groups excluding carboxylic acids is 4. The topological polar surface area (TPSA) is 599 Å².